The highest BCUT2D eigenvalue weighted by Gasteiger charge is 2.05. The predicted octanol–water partition coefficient (Wildman–Crippen LogP) is 2.75. The molecule has 10 nitrogen and oxygen atoms in total. The Bertz CT molecular complexity index is 454. The van der Waals surface area contributed by atoms with Gasteiger partial charge in [-0.1, -0.05) is 11.8 Å². The summed E-state index contributed by atoms with van der Waals surface area (Å²) in [5.74, 6) is 2.24. The van der Waals surface area contributed by atoms with Gasteiger partial charge in [0.15, 0.2) is 0 Å². The Balaban J connectivity index is 3.23. The van der Waals surface area contributed by atoms with Crippen molar-refractivity contribution in [3.8, 4) is 0 Å². The van der Waals surface area contributed by atoms with E-state index in [9.17, 15) is 9.59 Å². The molecule has 0 atom stereocenters. The van der Waals surface area contributed by atoms with Crippen LogP contribution < -0.4 is 0 Å². The molecule has 0 rings (SSSR count). The number of ether oxygens (including phenoxy) is 2. The summed E-state index contributed by atoms with van der Waals surface area (Å²) in [5, 5.41) is 18.6. The molecule has 0 aromatic carbocycles. The Hall–Kier alpha value is 1.15. The smallest absolute Gasteiger partial charge is 0.316 e. The van der Waals surface area contributed by atoms with Gasteiger partial charge < -0.3 is 19.7 Å². The van der Waals surface area contributed by atoms with Crippen LogP contribution >= 0.6 is 82.3 Å². The van der Waals surface area contributed by atoms with E-state index in [4.69, 9.17) is 39.2 Å². The standard InChI is InChI=1S/C16H30O10S7/c17-7-29-13-32-10-22-16(20)6-28-3-1-23-25-11-31-9-21-15(19)5-27-4-2-24-26-12-33-14-30-8-18/h17-18H,1-14H2. The first-order valence-electron chi connectivity index (χ1n) is 9.26. The van der Waals surface area contributed by atoms with Crippen LogP contribution in [0.2, 0.25) is 0 Å². The van der Waals surface area contributed by atoms with E-state index in [-0.39, 0.29) is 53.1 Å². The molecule has 0 aliphatic carbocycles. The lowest BCUT2D eigenvalue weighted by atomic mass is 10.8. The number of thioether (sulfide) groups is 7. The van der Waals surface area contributed by atoms with E-state index in [1.54, 1.807) is 0 Å². The summed E-state index contributed by atoms with van der Waals surface area (Å²) >= 11 is 9.70. The van der Waals surface area contributed by atoms with Crippen LogP contribution in [0.5, 0.6) is 0 Å². The number of rotatable bonds is 26. The lowest BCUT2D eigenvalue weighted by Crippen LogP contribution is -2.10. The summed E-state index contributed by atoms with van der Waals surface area (Å²) in [4.78, 5) is 42.9. The lowest BCUT2D eigenvalue weighted by Gasteiger charge is -2.06. The molecule has 0 spiro atoms. The second kappa shape index (κ2) is 29.4. The highest BCUT2D eigenvalue weighted by Crippen LogP contribution is 2.12. The molecule has 0 saturated heterocycles. The van der Waals surface area contributed by atoms with Crippen LogP contribution in [0, 0.1) is 0 Å². The van der Waals surface area contributed by atoms with Crippen LogP contribution in [0.1, 0.15) is 0 Å². The minimum Gasteiger partial charge on any atom is -0.454 e. The SMILES string of the molecule is O=C(CSCCOOCSCSCO)OCSCOOCCSCC(=O)OCSCSCO. The minimum absolute atomic E-state index is 0.0579. The number of hydrogen-bond acceptors (Lipinski definition) is 17. The van der Waals surface area contributed by atoms with Crippen molar-refractivity contribution in [3.05, 3.63) is 0 Å². The van der Waals surface area contributed by atoms with E-state index in [2.05, 4.69) is 0 Å². The lowest BCUT2D eigenvalue weighted by molar-refractivity contribution is -0.274. The normalized spacial score (nSPS) is 11.0. The Labute approximate surface area is 224 Å². The summed E-state index contributed by atoms with van der Waals surface area (Å²) in [6, 6.07) is 0. The zero-order valence-corrected chi connectivity index (χ0v) is 23.6. The third-order valence-electron chi connectivity index (χ3n) is 2.61. The third-order valence-corrected chi connectivity index (χ3v) is 8.53. The van der Waals surface area contributed by atoms with Crippen molar-refractivity contribution in [2.45, 2.75) is 0 Å². The summed E-state index contributed by atoms with van der Waals surface area (Å²) in [6.45, 7) is 0.692. The van der Waals surface area contributed by atoms with Crippen molar-refractivity contribution in [3.63, 3.8) is 0 Å². The maximum Gasteiger partial charge on any atom is 0.316 e. The molecule has 196 valence electrons. The molecule has 17 heteroatoms. The quantitative estimate of drug-likeness (QED) is 0.0491. The van der Waals surface area contributed by atoms with E-state index in [0.29, 0.717) is 35.7 Å². The van der Waals surface area contributed by atoms with Crippen molar-refractivity contribution in [2.75, 3.05) is 82.0 Å². The number of esters is 2. The molecule has 0 aliphatic heterocycles. The number of carbonyl (C=O) groups is 2. The molecular formula is C16H30O10S7. The average Bonchev–Trinajstić information content (AvgIpc) is 2.81. The molecule has 0 amide bonds. The molecule has 0 radical (unpaired) electrons. The van der Waals surface area contributed by atoms with Gasteiger partial charge in [0.1, 0.15) is 23.8 Å². The molecule has 0 fully saturated rings. The zero-order chi connectivity index (χ0) is 24.2. The van der Waals surface area contributed by atoms with Crippen LogP contribution in [0.4, 0.5) is 0 Å². The second-order valence-electron chi connectivity index (χ2n) is 5.00. The largest absolute Gasteiger partial charge is 0.454 e. The molecule has 33 heavy (non-hydrogen) atoms. The van der Waals surface area contributed by atoms with Crippen molar-refractivity contribution >= 4 is 94.3 Å². The fourth-order valence-electron chi connectivity index (χ4n) is 1.34. The Morgan fingerprint density at radius 3 is 1.52 bits per heavy atom. The van der Waals surface area contributed by atoms with Gasteiger partial charge in [-0.05, 0) is 0 Å². The Kier molecular flexibility index (Phi) is 30.4. The van der Waals surface area contributed by atoms with Gasteiger partial charge in [0.2, 0.25) is 0 Å². The van der Waals surface area contributed by atoms with Crippen LogP contribution in [-0.2, 0) is 38.6 Å². The van der Waals surface area contributed by atoms with Crippen LogP contribution in [0.25, 0.3) is 0 Å². The van der Waals surface area contributed by atoms with E-state index >= 15 is 0 Å². The minimum atomic E-state index is -0.320. The number of carbonyl (C=O) groups excluding carboxylic acids is 2. The summed E-state index contributed by atoms with van der Waals surface area (Å²) < 4.78 is 10.1. The Morgan fingerprint density at radius 1 is 0.545 bits per heavy atom. The summed E-state index contributed by atoms with van der Waals surface area (Å²) in [6.07, 6.45) is 0. The van der Waals surface area contributed by atoms with E-state index in [1.807, 2.05) is 0 Å². The van der Waals surface area contributed by atoms with Crippen molar-refractivity contribution < 1.29 is 48.8 Å². The molecule has 0 aromatic rings. The monoisotopic (exact) mass is 606 g/mol. The predicted molar refractivity (Wildman–Crippen MR) is 142 cm³/mol. The highest BCUT2D eigenvalue weighted by molar-refractivity contribution is 8.16. The van der Waals surface area contributed by atoms with Gasteiger partial charge >= 0.3 is 11.9 Å². The maximum atomic E-state index is 11.6. The fraction of sp³-hybridized carbons (Fsp3) is 0.875. The van der Waals surface area contributed by atoms with E-state index in [0.717, 1.165) is 5.08 Å². The van der Waals surface area contributed by atoms with E-state index < -0.39 is 0 Å². The van der Waals surface area contributed by atoms with Crippen molar-refractivity contribution in [2.24, 2.45) is 0 Å². The third kappa shape index (κ3) is 29.3. The van der Waals surface area contributed by atoms with Gasteiger partial charge in [0.25, 0.3) is 0 Å². The van der Waals surface area contributed by atoms with Gasteiger partial charge in [-0.25, -0.2) is 19.6 Å². The Morgan fingerprint density at radius 2 is 1.00 bits per heavy atom. The van der Waals surface area contributed by atoms with Gasteiger partial charge in [-0.15, -0.1) is 70.6 Å². The molecular weight excluding hydrogens is 577 g/mol. The number of aliphatic hydroxyl groups is 2. The number of aliphatic hydroxyl groups excluding tert-OH is 2. The zero-order valence-electron chi connectivity index (χ0n) is 17.9. The average molecular weight is 607 g/mol. The fourth-order valence-corrected chi connectivity index (χ4v) is 5.36. The molecule has 0 unspecified atom stereocenters. The van der Waals surface area contributed by atoms with Crippen molar-refractivity contribution in [1.82, 2.24) is 0 Å². The molecule has 0 aliphatic rings. The first-order chi connectivity index (χ1) is 16.2. The molecule has 0 bridgehead atoms. The topological polar surface area (TPSA) is 130 Å². The van der Waals surface area contributed by atoms with Gasteiger partial charge in [-0.3, -0.25) is 9.59 Å². The molecule has 2 N–H and O–H groups in total. The molecule has 0 saturated carbocycles. The second-order valence-corrected chi connectivity index (χ2v) is 12.6. The summed E-state index contributed by atoms with van der Waals surface area (Å²) in [5.41, 5.74) is 0. The number of hydrogen-bond donors (Lipinski definition) is 2. The van der Waals surface area contributed by atoms with E-state index in [1.165, 1.54) is 82.3 Å². The van der Waals surface area contributed by atoms with Gasteiger partial charge in [0.05, 0.1) is 36.6 Å². The van der Waals surface area contributed by atoms with Gasteiger partial charge in [0, 0.05) is 21.7 Å². The van der Waals surface area contributed by atoms with Crippen LogP contribution in [0.3, 0.4) is 0 Å². The first-order valence-corrected chi connectivity index (χ1v) is 17.3. The highest BCUT2D eigenvalue weighted by atomic mass is 32.2. The molecule has 0 heterocycles. The van der Waals surface area contributed by atoms with Crippen molar-refractivity contribution in [1.29, 1.82) is 0 Å². The van der Waals surface area contributed by atoms with Crippen LogP contribution in [-0.4, -0.2) is 104 Å². The van der Waals surface area contributed by atoms with Crippen LogP contribution in [0.15, 0.2) is 0 Å². The first kappa shape index (κ1) is 34.1. The maximum absolute atomic E-state index is 11.6. The molecule has 0 aromatic heterocycles. The summed E-state index contributed by atoms with van der Waals surface area (Å²) in [7, 11) is 0. The van der Waals surface area contributed by atoms with Gasteiger partial charge in [-0.2, -0.15) is 0 Å².